The number of carbonyl (C=O) groups excluding carboxylic acids is 1. The van der Waals surface area contributed by atoms with Gasteiger partial charge in [-0.25, -0.2) is 14.5 Å². The predicted molar refractivity (Wildman–Crippen MR) is 101 cm³/mol. The second-order valence-electron chi connectivity index (χ2n) is 6.35. The number of anilines is 1. The van der Waals surface area contributed by atoms with Crippen molar-refractivity contribution in [3.05, 3.63) is 76.5 Å². The molecule has 0 saturated heterocycles. The maximum absolute atomic E-state index is 13.5. The number of benzene rings is 1. The van der Waals surface area contributed by atoms with Crippen LogP contribution in [0.1, 0.15) is 16.1 Å². The number of hydrogen-bond acceptors (Lipinski definition) is 6. The number of halogens is 3. The maximum Gasteiger partial charge on any atom is 0.437 e. The summed E-state index contributed by atoms with van der Waals surface area (Å²) in [4.78, 5) is 27.6. The summed E-state index contributed by atoms with van der Waals surface area (Å²) in [5.74, 6) is -1.74. The number of carbonyl (C=O) groups is 1. The molecule has 31 heavy (non-hydrogen) atoms. The summed E-state index contributed by atoms with van der Waals surface area (Å²) in [5, 5.41) is 10.2. The Morgan fingerprint density at radius 1 is 1.10 bits per heavy atom. The molecule has 1 N–H and O–H groups in total. The van der Waals surface area contributed by atoms with Crippen LogP contribution in [-0.2, 0) is 13.2 Å². The van der Waals surface area contributed by atoms with Gasteiger partial charge in [-0.15, -0.1) is 5.10 Å². The fraction of sp³-hybridized carbons (Fsp3) is 0.105. The molecular formula is C19H13F3N6O3. The van der Waals surface area contributed by atoms with Crippen molar-refractivity contribution in [2.45, 2.75) is 6.18 Å². The standard InChI is InChI=1S/C19H13F3N6O3/c1-27-18(30)31-17(26-27)13-9-14(19(20,21)22)28(25-13)15-8-7-12(10-23-15)24-16(29)11-5-3-2-4-6-11/h2-10H,1H3,(H,24,29). The summed E-state index contributed by atoms with van der Waals surface area (Å²) < 4.78 is 46.8. The van der Waals surface area contributed by atoms with Crippen molar-refractivity contribution >= 4 is 11.6 Å². The third-order valence-corrected chi connectivity index (χ3v) is 4.17. The normalized spacial score (nSPS) is 11.5. The third kappa shape index (κ3) is 4.08. The molecule has 3 aromatic heterocycles. The molecule has 0 atom stereocenters. The number of amides is 1. The number of nitrogens with zero attached hydrogens (tertiary/aromatic N) is 5. The number of hydrogen-bond donors (Lipinski definition) is 1. The highest BCUT2D eigenvalue weighted by Gasteiger charge is 2.37. The van der Waals surface area contributed by atoms with Crippen molar-refractivity contribution in [2.75, 3.05) is 5.32 Å². The van der Waals surface area contributed by atoms with Crippen LogP contribution in [-0.4, -0.2) is 30.5 Å². The van der Waals surface area contributed by atoms with Crippen LogP contribution in [0.4, 0.5) is 18.9 Å². The van der Waals surface area contributed by atoms with Gasteiger partial charge in [0.15, 0.2) is 17.2 Å². The first-order valence-electron chi connectivity index (χ1n) is 8.77. The monoisotopic (exact) mass is 430 g/mol. The van der Waals surface area contributed by atoms with Crippen LogP contribution >= 0.6 is 0 Å². The molecule has 1 aromatic carbocycles. The number of rotatable bonds is 4. The maximum atomic E-state index is 13.5. The summed E-state index contributed by atoms with van der Waals surface area (Å²) in [6, 6.07) is 11.8. The Morgan fingerprint density at radius 2 is 1.84 bits per heavy atom. The molecule has 0 aliphatic rings. The van der Waals surface area contributed by atoms with E-state index in [1.807, 2.05) is 0 Å². The van der Waals surface area contributed by atoms with Crippen LogP contribution in [0.3, 0.4) is 0 Å². The number of aromatic nitrogens is 5. The van der Waals surface area contributed by atoms with Crippen molar-refractivity contribution in [3.63, 3.8) is 0 Å². The number of aryl methyl sites for hydroxylation is 1. The second-order valence-corrected chi connectivity index (χ2v) is 6.35. The first kappa shape index (κ1) is 20.1. The van der Waals surface area contributed by atoms with Gasteiger partial charge in [-0.1, -0.05) is 18.2 Å². The molecule has 0 fully saturated rings. The summed E-state index contributed by atoms with van der Waals surface area (Å²) >= 11 is 0. The van der Waals surface area contributed by atoms with E-state index in [0.29, 0.717) is 16.3 Å². The molecule has 0 saturated carbocycles. The quantitative estimate of drug-likeness (QED) is 0.534. The topological polar surface area (TPSA) is 108 Å². The average molecular weight is 430 g/mol. The molecule has 0 radical (unpaired) electrons. The van der Waals surface area contributed by atoms with Crippen LogP contribution in [0.2, 0.25) is 0 Å². The van der Waals surface area contributed by atoms with Gasteiger partial charge in [0.1, 0.15) is 0 Å². The van der Waals surface area contributed by atoms with Crippen molar-refractivity contribution in [2.24, 2.45) is 7.05 Å². The van der Waals surface area contributed by atoms with Crippen LogP contribution in [0.25, 0.3) is 17.4 Å². The molecule has 158 valence electrons. The van der Waals surface area contributed by atoms with Gasteiger partial charge in [0.2, 0.25) is 0 Å². The average Bonchev–Trinajstić information content (AvgIpc) is 3.33. The van der Waals surface area contributed by atoms with Gasteiger partial charge in [0.25, 0.3) is 11.8 Å². The van der Waals surface area contributed by atoms with Gasteiger partial charge >= 0.3 is 11.9 Å². The second kappa shape index (κ2) is 7.55. The fourth-order valence-corrected chi connectivity index (χ4v) is 2.69. The van der Waals surface area contributed by atoms with Gasteiger partial charge in [-0.3, -0.25) is 4.79 Å². The Bertz CT molecular complexity index is 1290. The van der Waals surface area contributed by atoms with Crippen LogP contribution in [0, 0.1) is 0 Å². The SMILES string of the molecule is Cn1nc(-c2cc(C(F)(F)F)n(-c3ccc(NC(=O)c4ccccc4)cn3)n2)oc1=O. The highest BCUT2D eigenvalue weighted by atomic mass is 19.4. The van der Waals surface area contributed by atoms with E-state index in [0.717, 1.165) is 4.68 Å². The molecular weight excluding hydrogens is 417 g/mol. The summed E-state index contributed by atoms with van der Waals surface area (Å²) in [5.41, 5.74) is -0.716. The van der Waals surface area contributed by atoms with Crippen molar-refractivity contribution in [1.29, 1.82) is 0 Å². The van der Waals surface area contributed by atoms with Gasteiger partial charge in [0.05, 0.1) is 11.9 Å². The van der Waals surface area contributed by atoms with Crippen LogP contribution < -0.4 is 11.1 Å². The molecule has 12 heteroatoms. The van der Waals surface area contributed by atoms with Crippen LogP contribution in [0.15, 0.2) is 63.9 Å². The molecule has 4 aromatic rings. The summed E-state index contributed by atoms with van der Waals surface area (Å²) in [6.45, 7) is 0. The molecule has 3 heterocycles. The van der Waals surface area contributed by atoms with E-state index in [2.05, 4.69) is 20.5 Å². The zero-order valence-corrected chi connectivity index (χ0v) is 15.8. The minimum absolute atomic E-state index is 0.158. The highest BCUT2D eigenvalue weighted by Crippen LogP contribution is 2.33. The largest absolute Gasteiger partial charge is 0.437 e. The molecule has 0 unspecified atom stereocenters. The highest BCUT2D eigenvalue weighted by molar-refractivity contribution is 6.04. The number of alkyl halides is 3. The molecule has 0 spiro atoms. The molecule has 0 bridgehead atoms. The third-order valence-electron chi connectivity index (χ3n) is 4.17. The molecule has 0 aliphatic carbocycles. The lowest BCUT2D eigenvalue weighted by Crippen LogP contribution is -2.15. The van der Waals surface area contributed by atoms with E-state index in [-0.39, 0.29) is 23.1 Å². The Morgan fingerprint density at radius 3 is 2.42 bits per heavy atom. The molecule has 9 nitrogen and oxygen atoms in total. The zero-order chi connectivity index (χ0) is 22.2. The Kier molecular flexibility index (Phi) is 4.89. The van der Waals surface area contributed by atoms with E-state index in [1.54, 1.807) is 30.3 Å². The first-order chi connectivity index (χ1) is 14.7. The van der Waals surface area contributed by atoms with E-state index >= 15 is 0 Å². The zero-order valence-electron chi connectivity index (χ0n) is 15.8. The molecule has 4 rings (SSSR count). The lowest BCUT2D eigenvalue weighted by Gasteiger charge is -2.10. The van der Waals surface area contributed by atoms with Gasteiger partial charge in [-0.05, 0) is 24.3 Å². The van der Waals surface area contributed by atoms with Gasteiger partial charge in [0, 0.05) is 18.7 Å². The van der Waals surface area contributed by atoms with Crippen molar-refractivity contribution in [3.8, 4) is 17.4 Å². The Balaban J connectivity index is 1.65. The minimum Gasteiger partial charge on any atom is -0.386 e. The lowest BCUT2D eigenvalue weighted by atomic mass is 10.2. The van der Waals surface area contributed by atoms with Gasteiger partial charge in [-0.2, -0.15) is 23.0 Å². The number of nitrogens with one attached hydrogen (secondary N) is 1. The molecule has 1 amide bonds. The Labute approximate surface area is 171 Å². The minimum atomic E-state index is -4.76. The van der Waals surface area contributed by atoms with E-state index in [4.69, 9.17) is 4.42 Å². The van der Waals surface area contributed by atoms with Crippen molar-refractivity contribution in [1.82, 2.24) is 24.5 Å². The summed E-state index contributed by atoms with van der Waals surface area (Å²) in [6.07, 6.45) is -3.55. The fourth-order valence-electron chi connectivity index (χ4n) is 2.69. The predicted octanol–water partition coefficient (Wildman–Crippen LogP) is 2.89. The van der Waals surface area contributed by atoms with Crippen molar-refractivity contribution < 1.29 is 22.4 Å². The lowest BCUT2D eigenvalue weighted by molar-refractivity contribution is -0.142. The first-order valence-corrected chi connectivity index (χ1v) is 8.77. The number of pyridine rings is 1. The Hall–Kier alpha value is -4.22. The summed E-state index contributed by atoms with van der Waals surface area (Å²) in [7, 11) is 1.29. The van der Waals surface area contributed by atoms with E-state index in [1.165, 1.54) is 25.4 Å². The van der Waals surface area contributed by atoms with E-state index in [9.17, 15) is 22.8 Å². The van der Waals surface area contributed by atoms with E-state index < -0.39 is 23.5 Å². The van der Waals surface area contributed by atoms with Gasteiger partial charge < -0.3 is 9.73 Å². The van der Waals surface area contributed by atoms with Crippen LogP contribution in [0.5, 0.6) is 0 Å². The smallest absolute Gasteiger partial charge is 0.386 e. The molecule has 0 aliphatic heterocycles.